The van der Waals surface area contributed by atoms with Gasteiger partial charge >= 0.3 is 0 Å². The number of aromatic nitrogens is 5. The minimum absolute atomic E-state index is 0.0285. The summed E-state index contributed by atoms with van der Waals surface area (Å²) in [5.74, 6) is 0.617. The average Bonchev–Trinajstić information content (AvgIpc) is 3.09. The van der Waals surface area contributed by atoms with Crippen LogP contribution in [0.5, 0.6) is 5.75 Å². The number of ether oxygens (including phenoxy) is 1. The van der Waals surface area contributed by atoms with Crippen LogP contribution >= 0.6 is 11.6 Å². The Hall–Kier alpha value is -3.72. The van der Waals surface area contributed by atoms with E-state index >= 15 is 0 Å². The monoisotopic (exact) mass is 395 g/mol. The van der Waals surface area contributed by atoms with Gasteiger partial charge in [-0.05, 0) is 42.5 Å². The molecule has 0 aliphatic rings. The number of fused-ring (bicyclic) bond motifs is 1. The van der Waals surface area contributed by atoms with Crippen LogP contribution in [-0.4, -0.2) is 30.7 Å². The molecule has 0 fully saturated rings. The fourth-order valence-corrected chi connectivity index (χ4v) is 2.73. The smallest absolute Gasteiger partial charge is 0.271 e. The highest BCUT2D eigenvalue weighted by molar-refractivity contribution is 6.30. The Morgan fingerprint density at radius 1 is 1.18 bits per heavy atom. The summed E-state index contributed by atoms with van der Waals surface area (Å²) >= 11 is 6.01. The van der Waals surface area contributed by atoms with E-state index in [1.165, 1.54) is 6.20 Å². The molecule has 0 bridgehead atoms. The molecule has 3 N–H and O–H groups in total. The van der Waals surface area contributed by atoms with Crippen LogP contribution < -0.4 is 15.8 Å². The van der Waals surface area contributed by atoms with E-state index in [2.05, 4.69) is 25.6 Å². The SMILES string of the molecule is NC(=O)c1ncccc1OCc1nnc2ccc(Nc3cccc(Cl)c3)nn12. The van der Waals surface area contributed by atoms with E-state index in [0.717, 1.165) is 5.69 Å². The highest BCUT2D eigenvalue weighted by atomic mass is 35.5. The second-order valence-electron chi connectivity index (χ2n) is 5.74. The molecule has 0 unspecified atom stereocenters. The van der Waals surface area contributed by atoms with Crippen LogP contribution in [0.4, 0.5) is 11.5 Å². The molecule has 0 aliphatic heterocycles. The van der Waals surface area contributed by atoms with E-state index in [-0.39, 0.29) is 18.1 Å². The van der Waals surface area contributed by atoms with Crippen LogP contribution in [0.3, 0.4) is 0 Å². The third-order valence-electron chi connectivity index (χ3n) is 3.79. The van der Waals surface area contributed by atoms with Gasteiger partial charge in [0.15, 0.2) is 28.7 Å². The molecule has 3 aromatic heterocycles. The van der Waals surface area contributed by atoms with E-state index in [1.807, 2.05) is 12.1 Å². The normalized spacial score (nSPS) is 10.8. The van der Waals surface area contributed by atoms with Gasteiger partial charge in [-0.2, -0.15) is 4.52 Å². The van der Waals surface area contributed by atoms with Crippen molar-refractivity contribution in [3.8, 4) is 5.75 Å². The number of nitrogens with one attached hydrogen (secondary N) is 1. The van der Waals surface area contributed by atoms with Crippen LogP contribution in [0.1, 0.15) is 16.3 Å². The van der Waals surface area contributed by atoms with Crippen LogP contribution in [0.2, 0.25) is 5.02 Å². The standard InChI is InChI=1S/C18H14ClN7O2/c19-11-3-1-4-12(9-11)22-14-6-7-15-23-24-16(26(15)25-14)10-28-13-5-2-8-21-17(13)18(20)27/h1-9H,10H2,(H2,20,27)(H,22,25). The first-order valence-electron chi connectivity index (χ1n) is 8.22. The topological polar surface area (TPSA) is 120 Å². The minimum Gasteiger partial charge on any atom is -0.483 e. The van der Waals surface area contributed by atoms with E-state index in [4.69, 9.17) is 22.1 Å². The zero-order valence-corrected chi connectivity index (χ0v) is 15.2. The molecule has 0 saturated carbocycles. The van der Waals surface area contributed by atoms with Crippen LogP contribution in [-0.2, 0) is 6.61 Å². The second-order valence-corrected chi connectivity index (χ2v) is 6.18. The largest absolute Gasteiger partial charge is 0.483 e. The quantitative estimate of drug-likeness (QED) is 0.514. The van der Waals surface area contributed by atoms with Crippen molar-refractivity contribution in [2.45, 2.75) is 6.61 Å². The number of pyridine rings is 1. The number of halogens is 1. The maximum Gasteiger partial charge on any atom is 0.271 e. The van der Waals surface area contributed by atoms with Crippen LogP contribution in [0, 0.1) is 0 Å². The molecule has 0 spiro atoms. The van der Waals surface area contributed by atoms with Gasteiger partial charge in [-0.25, -0.2) is 4.98 Å². The Balaban J connectivity index is 1.57. The number of carbonyl (C=O) groups excluding carboxylic acids is 1. The van der Waals surface area contributed by atoms with E-state index in [9.17, 15) is 4.79 Å². The number of nitrogens with two attached hydrogens (primary N) is 1. The molecule has 1 amide bonds. The summed E-state index contributed by atoms with van der Waals surface area (Å²) in [5, 5.41) is 16.4. The Kier molecular flexibility index (Phi) is 4.73. The number of primary amides is 1. The first-order chi connectivity index (χ1) is 13.6. The minimum atomic E-state index is -0.673. The fourth-order valence-electron chi connectivity index (χ4n) is 2.54. The Morgan fingerprint density at radius 3 is 2.89 bits per heavy atom. The summed E-state index contributed by atoms with van der Waals surface area (Å²) in [6.07, 6.45) is 1.47. The van der Waals surface area contributed by atoms with Crippen molar-refractivity contribution in [3.63, 3.8) is 0 Å². The molecular weight excluding hydrogens is 382 g/mol. The van der Waals surface area contributed by atoms with Gasteiger partial charge < -0.3 is 15.8 Å². The molecule has 4 rings (SSSR count). The zero-order valence-electron chi connectivity index (χ0n) is 14.4. The number of hydrogen-bond donors (Lipinski definition) is 2. The van der Waals surface area contributed by atoms with Gasteiger partial charge in [0.25, 0.3) is 5.91 Å². The molecule has 4 aromatic rings. The summed E-state index contributed by atoms with van der Waals surface area (Å²) in [4.78, 5) is 15.4. The summed E-state index contributed by atoms with van der Waals surface area (Å²) in [7, 11) is 0. The highest BCUT2D eigenvalue weighted by Gasteiger charge is 2.13. The second kappa shape index (κ2) is 7.49. The molecule has 28 heavy (non-hydrogen) atoms. The van der Waals surface area contributed by atoms with Gasteiger partial charge in [-0.1, -0.05) is 17.7 Å². The van der Waals surface area contributed by atoms with E-state index in [0.29, 0.717) is 22.3 Å². The molecule has 140 valence electrons. The summed E-state index contributed by atoms with van der Waals surface area (Å²) in [5.41, 5.74) is 6.71. The fraction of sp³-hybridized carbons (Fsp3) is 0.0556. The molecule has 9 nitrogen and oxygen atoms in total. The number of rotatable bonds is 6. The molecule has 3 heterocycles. The number of amides is 1. The average molecular weight is 396 g/mol. The highest BCUT2D eigenvalue weighted by Crippen LogP contribution is 2.20. The first kappa shape index (κ1) is 17.7. The van der Waals surface area contributed by atoms with Gasteiger partial charge in [0.2, 0.25) is 0 Å². The van der Waals surface area contributed by atoms with Gasteiger partial charge in [-0.3, -0.25) is 4.79 Å². The van der Waals surface area contributed by atoms with Crippen molar-refractivity contribution in [2.75, 3.05) is 5.32 Å². The third kappa shape index (κ3) is 3.69. The van der Waals surface area contributed by atoms with Crippen molar-refractivity contribution in [1.82, 2.24) is 24.8 Å². The van der Waals surface area contributed by atoms with E-state index in [1.54, 1.807) is 40.9 Å². The molecule has 0 atom stereocenters. The molecule has 10 heteroatoms. The summed E-state index contributed by atoms with van der Waals surface area (Å²) in [6, 6.07) is 14.1. The lowest BCUT2D eigenvalue weighted by Gasteiger charge is -2.08. The Bertz CT molecular complexity index is 1160. The predicted octanol–water partition coefficient (Wildman–Crippen LogP) is 2.59. The molecule has 1 aromatic carbocycles. The van der Waals surface area contributed by atoms with Crippen molar-refractivity contribution in [1.29, 1.82) is 0 Å². The number of anilines is 2. The van der Waals surface area contributed by atoms with Crippen LogP contribution in [0.15, 0.2) is 54.7 Å². The lowest BCUT2D eigenvalue weighted by molar-refractivity contribution is 0.0990. The Morgan fingerprint density at radius 2 is 2.07 bits per heavy atom. The maximum absolute atomic E-state index is 11.5. The maximum atomic E-state index is 11.5. The number of hydrogen-bond acceptors (Lipinski definition) is 7. The lowest BCUT2D eigenvalue weighted by Crippen LogP contribution is -2.15. The number of benzene rings is 1. The lowest BCUT2D eigenvalue weighted by atomic mass is 10.3. The number of nitrogens with zero attached hydrogens (tertiary/aromatic N) is 5. The van der Waals surface area contributed by atoms with Crippen molar-refractivity contribution in [2.24, 2.45) is 5.73 Å². The van der Waals surface area contributed by atoms with Crippen molar-refractivity contribution < 1.29 is 9.53 Å². The molecule has 0 aliphatic carbocycles. The van der Waals surface area contributed by atoms with Crippen LogP contribution in [0.25, 0.3) is 5.65 Å². The van der Waals surface area contributed by atoms with Gasteiger partial charge in [0, 0.05) is 16.9 Å². The van der Waals surface area contributed by atoms with E-state index < -0.39 is 5.91 Å². The van der Waals surface area contributed by atoms with Crippen molar-refractivity contribution in [3.05, 3.63) is 71.3 Å². The molecular formula is C18H14ClN7O2. The molecule has 0 saturated heterocycles. The predicted molar refractivity (Wildman–Crippen MR) is 103 cm³/mol. The molecule has 0 radical (unpaired) electrons. The van der Waals surface area contributed by atoms with Gasteiger partial charge in [0.1, 0.15) is 6.61 Å². The summed E-state index contributed by atoms with van der Waals surface area (Å²) < 4.78 is 7.21. The van der Waals surface area contributed by atoms with Gasteiger partial charge in [-0.15, -0.1) is 15.3 Å². The zero-order chi connectivity index (χ0) is 19.5. The first-order valence-corrected chi connectivity index (χ1v) is 8.59. The van der Waals surface area contributed by atoms with Gasteiger partial charge in [0.05, 0.1) is 0 Å². The van der Waals surface area contributed by atoms with Crippen molar-refractivity contribution >= 4 is 34.7 Å². The number of carbonyl (C=O) groups is 1. The Labute approximate surface area is 164 Å². The summed E-state index contributed by atoms with van der Waals surface area (Å²) in [6.45, 7) is 0.0285. The third-order valence-corrected chi connectivity index (χ3v) is 4.02.